The molecule has 1 unspecified atom stereocenters. The molecule has 3 rings (SSSR count). The highest BCUT2D eigenvalue weighted by Gasteiger charge is 2.27. The number of rotatable bonds is 6. The summed E-state index contributed by atoms with van der Waals surface area (Å²) in [5, 5.41) is 24.9. The molecule has 2 heterocycles. The third kappa shape index (κ3) is 3.48. The van der Waals surface area contributed by atoms with Gasteiger partial charge in [-0.05, 0) is 42.2 Å². The van der Waals surface area contributed by atoms with E-state index in [0.29, 0.717) is 5.92 Å². The molecule has 2 N–H and O–H groups in total. The van der Waals surface area contributed by atoms with Crippen molar-refractivity contribution in [3.63, 3.8) is 0 Å². The molecular formula is C14H18N4O2S. The van der Waals surface area contributed by atoms with Gasteiger partial charge in [-0.15, -0.1) is 5.10 Å². The average molecular weight is 306 g/mol. The molecule has 1 aliphatic carbocycles. The standard InChI is InChI=1S/C14H18N4O2S/c1-14(20,11-4-5-21-8-11)9-15-13(19)7-18-6-12(16-17-18)10-2-3-10/h4-6,8,10,20H,2-3,7,9H2,1H3,(H,15,19). The molecule has 1 saturated carbocycles. The Morgan fingerprint density at radius 3 is 3.10 bits per heavy atom. The number of amides is 1. The van der Waals surface area contributed by atoms with Gasteiger partial charge in [-0.25, -0.2) is 4.68 Å². The molecule has 21 heavy (non-hydrogen) atoms. The fourth-order valence-electron chi connectivity index (χ4n) is 2.10. The first kappa shape index (κ1) is 14.2. The second kappa shape index (κ2) is 5.57. The van der Waals surface area contributed by atoms with E-state index in [4.69, 9.17) is 0 Å². The molecule has 0 aromatic carbocycles. The minimum atomic E-state index is -1.06. The largest absolute Gasteiger partial charge is 0.384 e. The van der Waals surface area contributed by atoms with Crippen LogP contribution in [0.25, 0.3) is 0 Å². The van der Waals surface area contributed by atoms with Crippen LogP contribution in [0.4, 0.5) is 0 Å². The maximum Gasteiger partial charge on any atom is 0.241 e. The van der Waals surface area contributed by atoms with E-state index in [1.165, 1.54) is 11.3 Å². The van der Waals surface area contributed by atoms with E-state index in [2.05, 4.69) is 15.6 Å². The minimum Gasteiger partial charge on any atom is -0.384 e. The van der Waals surface area contributed by atoms with Crippen molar-refractivity contribution >= 4 is 17.2 Å². The van der Waals surface area contributed by atoms with Crippen molar-refractivity contribution in [1.29, 1.82) is 0 Å². The van der Waals surface area contributed by atoms with Gasteiger partial charge < -0.3 is 10.4 Å². The van der Waals surface area contributed by atoms with Gasteiger partial charge in [-0.1, -0.05) is 5.21 Å². The van der Waals surface area contributed by atoms with Gasteiger partial charge in [0, 0.05) is 12.1 Å². The van der Waals surface area contributed by atoms with Crippen LogP contribution in [-0.2, 0) is 16.9 Å². The third-order valence-corrected chi connectivity index (χ3v) is 4.31. The molecule has 1 fully saturated rings. The van der Waals surface area contributed by atoms with Gasteiger partial charge >= 0.3 is 0 Å². The maximum atomic E-state index is 11.9. The first-order chi connectivity index (χ1) is 10.0. The highest BCUT2D eigenvalue weighted by Crippen LogP contribution is 2.38. The van der Waals surface area contributed by atoms with Crippen molar-refractivity contribution in [3.05, 3.63) is 34.3 Å². The van der Waals surface area contributed by atoms with Crippen molar-refractivity contribution in [2.24, 2.45) is 0 Å². The molecule has 7 heteroatoms. The van der Waals surface area contributed by atoms with Crippen LogP contribution in [0.1, 0.15) is 36.9 Å². The smallest absolute Gasteiger partial charge is 0.241 e. The summed E-state index contributed by atoms with van der Waals surface area (Å²) in [6, 6.07) is 1.86. The molecule has 0 spiro atoms. The van der Waals surface area contributed by atoms with Gasteiger partial charge in [0.15, 0.2) is 0 Å². The van der Waals surface area contributed by atoms with Crippen LogP contribution in [0.5, 0.6) is 0 Å². The Hall–Kier alpha value is -1.73. The number of carbonyl (C=O) groups excluding carboxylic acids is 1. The summed E-state index contributed by atoms with van der Waals surface area (Å²) in [4.78, 5) is 11.9. The minimum absolute atomic E-state index is 0.124. The highest BCUT2D eigenvalue weighted by atomic mass is 32.1. The first-order valence-corrected chi connectivity index (χ1v) is 7.91. The Bertz CT molecular complexity index is 617. The fourth-order valence-corrected chi connectivity index (χ4v) is 2.89. The molecule has 2 aromatic heterocycles. The molecule has 0 radical (unpaired) electrons. The lowest BCUT2D eigenvalue weighted by atomic mass is 9.99. The van der Waals surface area contributed by atoms with Gasteiger partial charge in [0.25, 0.3) is 0 Å². The first-order valence-electron chi connectivity index (χ1n) is 6.96. The number of aliphatic hydroxyl groups is 1. The number of carbonyl (C=O) groups is 1. The SMILES string of the molecule is CC(O)(CNC(=O)Cn1cc(C2CC2)nn1)c1ccsc1. The summed E-state index contributed by atoms with van der Waals surface area (Å²) in [6.07, 6.45) is 4.15. The second-order valence-corrected chi connectivity index (χ2v) is 6.46. The zero-order valence-corrected chi connectivity index (χ0v) is 12.6. The summed E-state index contributed by atoms with van der Waals surface area (Å²) < 4.78 is 1.54. The van der Waals surface area contributed by atoms with Gasteiger partial charge in [0.2, 0.25) is 5.91 Å². The van der Waals surface area contributed by atoms with Gasteiger partial charge in [-0.2, -0.15) is 11.3 Å². The van der Waals surface area contributed by atoms with E-state index >= 15 is 0 Å². The second-order valence-electron chi connectivity index (χ2n) is 5.68. The van der Waals surface area contributed by atoms with Crippen LogP contribution in [0.15, 0.2) is 23.0 Å². The fraction of sp³-hybridized carbons (Fsp3) is 0.500. The van der Waals surface area contributed by atoms with Crippen molar-refractivity contribution in [2.45, 2.75) is 37.8 Å². The van der Waals surface area contributed by atoms with Crippen LogP contribution >= 0.6 is 11.3 Å². The topological polar surface area (TPSA) is 80.0 Å². The van der Waals surface area contributed by atoms with E-state index in [-0.39, 0.29) is 19.0 Å². The zero-order chi connectivity index (χ0) is 14.9. The molecule has 6 nitrogen and oxygen atoms in total. The van der Waals surface area contributed by atoms with Crippen LogP contribution in [0, 0.1) is 0 Å². The highest BCUT2D eigenvalue weighted by molar-refractivity contribution is 7.08. The normalized spacial score (nSPS) is 17.4. The molecule has 1 atom stereocenters. The van der Waals surface area contributed by atoms with Crippen LogP contribution in [-0.4, -0.2) is 32.6 Å². The van der Waals surface area contributed by atoms with Gasteiger partial charge in [-0.3, -0.25) is 4.79 Å². The number of aromatic nitrogens is 3. The number of thiophene rings is 1. The van der Waals surface area contributed by atoms with Gasteiger partial charge in [0.05, 0.1) is 12.2 Å². The molecule has 1 amide bonds. The maximum absolute atomic E-state index is 11.9. The van der Waals surface area contributed by atoms with E-state index < -0.39 is 5.60 Å². The van der Waals surface area contributed by atoms with E-state index in [1.54, 1.807) is 11.6 Å². The predicted octanol–water partition coefficient (Wildman–Crippen LogP) is 1.24. The summed E-state index contributed by atoms with van der Waals surface area (Å²) in [5.41, 5.74) is 0.717. The van der Waals surface area contributed by atoms with Crippen LogP contribution < -0.4 is 5.32 Å². The molecule has 1 aliphatic rings. The molecule has 0 bridgehead atoms. The number of nitrogens with zero attached hydrogens (tertiary/aromatic N) is 3. The molecule has 2 aromatic rings. The molecule has 112 valence electrons. The lowest BCUT2D eigenvalue weighted by Gasteiger charge is -2.22. The Morgan fingerprint density at radius 2 is 2.43 bits per heavy atom. The monoisotopic (exact) mass is 306 g/mol. The zero-order valence-electron chi connectivity index (χ0n) is 11.8. The van der Waals surface area contributed by atoms with E-state index in [0.717, 1.165) is 24.1 Å². The lowest BCUT2D eigenvalue weighted by Crippen LogP contribution is -2.39. The molecular weight excluding hydrogens is 288 g/mol. The number of hydrogen-bond donors (Lipinski definition) is 2. The number of nitrogens with one attached hydrogen (secondary N) is 1. The average Bonchev–Trinajstić information content (AvgIpc) is 2.96. The molecule has 0 saturated heterocycles. The van der Waals surface area contributed by atoms with Crippen molar-refractivity contribution in [1.82, 2.24) is 20.3 Å². The predicted molar refractivity (Wildman–Crippen MR) is 78.9 cm³/mol. The van der Waals surface area contributed by atoms with Crippen LogP contribution in [0.2, 0.25) is 0 Å². The summed E-state index contributed by atoms with van der Waals surface area (Å²) >= 11 is 1.52. The number of hydrogen-bond acceptors (Lipinski definition) is 5. The van der Waals surface area contributed by atoms with E-state index in [1.807, 2.05) is 23.0 Å². The quantitative estimate of drug-likeness (QED) is 0.841. The van der Waals surface area contributed by atoms with Gasteiger partial charge in [0.1, 0.15) is 12.1 Å². The van der Waals surface area contributed by atoms with Crippen LogP contribution in [0.3, 0.4) is 0 Å². The summed E-state index contributed by atoms with van der Waals surface area (Å²) in [6.45, 7) is 1.99. The van der Waals surface area contributed by atoms with Crippen molar-refractivity contribution in [2.75, 3.05) is 6.54 Å². The van der Waals surface area contributed by atoms with Crippen molar-refractivity contribution in [3.8, 4) is 0 Å². The Labute approximate surface area is 126 Å². The lowest BCUT2D eigenvalue weighted by molar-refractivity contribution is -0.123. The van der Waals surface area contributed by atoms with E-state index in [9.17, 15) is 9.90 Å². The molecule has 0 aliphatic heterocycles. The third-order valence-electron chi connectivity index (χ3n) is 3.63. The Kier molecular flexibility index (Phi) is 3.77. The Balaban J connectivity index is 1.51. The Morgan fingerprint density at radius 1 is 1.62 bits per heavy atom. The summed E-state index contributed by atoms with van der Waals surface area (Å²) in [7, 11) is 0. The summed E-state index contributed by atoms with van der Waals surface area (Å²) in [5.74, 6) is 0.346. The van der Waals surface area contributed by atoms with Crippen molar-refractivity contribution < 1.29 is 9.90 Å².